The van der Waals surface area contributed by atoms with Gasteiger partial charge < -0.3 is 4.42 Å². The predicted molar refractivity (Wildman–Crippen MR) is 220 cm³/mol. The molecule has 0 atom stereocenters. The Kier molecular flexibility index (Phi) is 16.7. The molecule has 1 heteroatoms. The van der Waals surface area contributed by atoms with Crippen molar-refractivity contribution < 1.29 is 4.42 Å². The molecule has 0 spiro atoms. The van der Waals surface area contributed by atoms with Crippen molar-refractivity contribution >= 4 is 44.9 Å². The van der Waals surface area contributed by atoms with E-state index >= 15 is 0 Å². The summed E-state index contributed by atoms with van der Waals surface area (Å²) in [5, 5.41) is 4.96. The molecule has 0 saturated heterocycles. The van der Waals surface area contributed by atoms with Gasteiger partial charge >= 0.3 is 0 Å². The van der Waals surface area contributed by atoms with Crippen molar-refractivity contribution in [3.8, 4) is 11.1 Å². The van der Waals surface area contributed by atoms with Crippen LogP contribution in [0.5, 0.6) is 0 Å². The molecule has 0 aliphatic heterocycles. The molecule has 0 aliphatic carbocycles. The van der Waals surface area contributed by atoms with E-state index in [1.807, 2.05) is 6.07 Å². The van der Waals surface area contributed by atoms with Gasteiger partial charge in [-0.25, -0.2) is 0 Å². The zero-order valence-corrected chi connectivity index (χ0v) is 30.0. The molecule has 0 radical (unpaired) electrons. The predicted octanol–water partition coefficient (Wildman–Crippen LogP) is 15.2. The molecule has 0 aliphatic rings. The van der Waals surface area contributed by atoms with Crippen LogP contribution in [0.1, 0.15) is 63.6 Å². The van der Waals surface area contributed by atoms with Crippen molar-refractivity contribution in [1.82, 2.24) is 0 Å². The van der Waals surface area contributed by atoms with Crippen molar-refractivity contribution in [2.75, 3.05) is 0 Å². The van der Waals surface area contributed by atoms with Gasteiger partial charge in [0.1, 0.15) is 11.2 Å². The second-order valence-corrected chi connectivity index (χ2v) is 11.7. The minimum Gasteiger partial charge on any atom is -0.456 e. The summed E-state index contributed by atoms with van der Waals surface area (Å²) < 4.78 is 6.06. The summed E-state index contributed by atoms with van der Waals surface area (Å²) in [7, 11) is 0. The van der Waals surface area contributed by atoms with Gasteiger partial charge in [0.25, 0.3) is 0 Å². The lowest BCUT2D eigenvalue weighted by molar-refractivity contribution is 0.668. The largest absolute Gasteiger partial charge is 0.456 e. The molecule has 1 nitrogen and oxygen atoms in total. The summed E-state index contributed by atoms with van der Waals surface area (Å²) in [5.41, 5.74) is 7.89. The first-order chi connectivity index (χ1) is 24.0. The lowest BCUT2D eigenvalue weighted by atomic mass is 10.0. The molecular formula is C48H52O. The number of benzene rings is 6. The van der Waals surface area contributed by atoms with E-state index in [0.717, 1.165) is 16.7 Å². The molecule has 0 saturated carbocycles. The second-order valence-electron chi connectivity index (χ2n) is 11.7. The Balaban J connectivity index is 0.000000253. The molecule has 6 aromatic carbocycles. The van der Waals surface area contributed by atoms with Crippen molar-refractivity contribution in [2.45, 2.75) is 53.9 Å². The molecule has 0 fully saturated rings. The molecule has 1 heterocycles. The van der Waals surface area contributed by atoms with Crippen molar-refractivity contribution in [1.29, 1.82) is 0 Å². The van der Waals surface area contributed by atoms with E-state index in [-0.39, 0.29) is 0 Å². The highest BCUT2D eigenvalue weighted by Crippen LogP contribution is 2.30. The molecule has 0 amide bonds. The third kappa shape index (κ3) is 12.3. The fourth-order valence-corrected chi connectivity index (χ4v) is 4.75. The fourth-order valence-electron chi connectivity index (χ4n) is 4.75. The average molecular weight is 645 g/mol. The Morgan fingerprint density at radius 1 is 0.490 bits per heavy atom. The Bertz CT molecular complexity index is 1930. The third-order valence-electron chi connectivity index (χ3n) is 7.46. The summed E-state index contributed by atoms with van der Waals surface area (Å²) in [6, 6.07) is 48.6. The topological polar surface area (TPSA) is 13.1 Å². The number of rotatable bonds is 5. The minimum atomic E-state index is 0.933. The minimum absolute atomic E-state index is 0.933. The van der Waals surface area contributed by atoms with Gasteiger partial charge in [0.15, 0.2) is 0 Å². The lowest BCUT2D eigenvalue weighted by Crippen LogP contribution is -1.78. The number of hydrogen-bond acceptors (Lipinski definition) is 1. The molecule has 49 heavy (non-hydrogen) atoms. The Morgan fingerprint density at radius 3 is 1.43 bits per heavy atom. The highest BCUT2D eigenvalue weighted by molar-refractivity contribution is 6.05. The van der Waals surface area contributed by atoms with Gasteiger partial charge in [-0.2, -0.15) is 0 Å². The first kappa shape index (κ1) is 38.1. The van der Waals surface area contributed by atoms with Crippen LogP contribution in [0.3, 0.4) is 0 Å². The van der Waals surface area contributed by atoms with Crippen molar-refractivity contribution in [3.05, 3.63) is 182 Å². The van der Waals surface area contributed by atoms with Crippen molar-refractivity contribution in [3.63, 3.8) is 0 Å². The highest BCUT2D eigenvalue weighted by atomic mass is 16.3. The summed E-state index contributed by atoms with van der Waals surface area (Å²) in [5.74, 6) is 0. The first-order valence-electron chi connectivity index (χ1n) is 17.4. The number of furan rings is 1. The van der Waals surface area contributed by atoms with Crippen LogP contribution in [0.15, 0.2) is 169 Å². The molecule has 1 aromatic heterocycles. The molecule has 7 rings (SSSR count). The van der Waals surface area contributed by atoms with E-state index in [0.29, 0.717) is 0 Å². The molecular weight excluding hydrogens is 593 g/mol. The normalized spacial score (nSPS) is 10.1. The zero-order valence-electron chi connectivity index (χ0n) is 30.0. The average Bonchev–Trinajstić information content (AvgIpc) is 3.52. The molecule has 0 bridgehead atoms. The fraction of sp³-hybridized carbons (Fsp3) is 0.167. The van der Waals surface area contributed by atoms with Crippen LogP contribution >= 0.6 is 0 Å². The van der Waals surface area contributed by atoms with Gasteiger partial charge in [-0.05, 0) is 63.7 Å². The maximum atomic E-state index is 6.06. The Morgan fingerprint density at radius 2 is 0.918 bits per heavy atom. The molecule has 0 unspecified atom stereocenters. The summed E-state index contributed by atoms with van der Waals surface area (Å²) in [6.07, 6.45) is 11.4. The molecule has 250 valence electrons. The zero-order chi connectivity index (χ0) is 35.3. The van der Waals surface area contributed by atoms with Crippen LogP contribution in [0.2, 0.25) is 0 Å². The summed E-state index contributed by atoms with van der Waals surface area (Å²) >= 11 is 0. The van der Waals surface area contributed by atoms with E-state index in [1.165, 1.54) is 63.1 Å². The van der Waals surface area contributed by atoms with Crippen LogP contribution in [-0.4, -0.2) is 0 Å². The SMILES string of the molecule is C=CC=C.CCC.CCCC.Cc1ccc2c(c1)oc1cc(/C=C/c3ccc(-c4ccccc4)cc3)ccc12.c1ccc2ccccc2c1. The Hall–Kier alpha value is -5.40. The van der Waals surface area contributed by atoms with Crippen LogP contribution in [-0.2, 0) is 0 Å². The lowest BCUT2D eigenvalue weighted by Gasteiger charge is -2.02. The first-order valence-corrected chi connectivity index (χ1v) is 17.4. The number of allylic oxidation sites excluding steroid dienone is 2. The third-order valence-corrected chi connectivity index (χ3v) is 7.46. The standard InChI is InChI=1S/C27H20O.C10H8.C4H10.C4H6.C3H8/c1-19-7-15-24-25-16-12-21(18-27(25)28-26(24)17-19)9-8-20-10-13-23(14-11-20)22-5-3-2-4-6-22;1-2-6-10-8-4-3-7-9(10)5-1;2*1-3-4-2;1-3-2/h2-18H,1H3;1-8H;3-4H2,1-2H3;3-4H,1-2H2;3H2,1-2H3/b9-8+;;;;. The number of fused-ring (bicyclic) bond motifs is 4. The van der Waals surface area contributed by atoms with Gasteiger partial charge in [-0.1, -0.05) is 206 Å². The van der Waals surface area contributed by atoms with E-state index in [4.69, 9.17) is 4.42 Å². The van der Waals surface area contributed by atoms with Crippen LogP contribution in [0.4, 0.5) is 0 Å². The quantitative estimate of drug-likeness (QED) is 0.134. The summed E-state index contributed by atoms with van der Waals surface area (Å²) in [6.45, 7) is 17.4. The van der Waals surface area contributed by atoms with Crippen molar-refractivity contribution in [2.24, 2.45) is 0 Å². The van der Waals surface area contributed by atoms with Gasteiger partial charge in [0, 0.05) is 10.8 Å². The summed E-state index contributed by atoms with van der Waals surface area (Å²) in [4.78, 5) is 0. The maximum absolute atomic E-state index is 6.06. The van der Waals surface area contributed by atoms with E-state index in [2.05, 4.69) is 193 Å². The van der Waals surface area contributed by atoms with Gasteiger partial charge in [0.05, 0.1) is 0 Å². The van der Waals surface area contributed by atoms with Crippen LogP contribution in [0, 0.1) is 6.92 Å². The van der Waals surface area contributed by atoms with Crippen LogP contribution < -0.4 is 0 Å². The van der Waals surface area contributed by atoms with Gasteiger partial charge in [-0.15, -0.1) is 0 Å². The van der Waals surface area contributed by atoms with E-state index in [1.54, 1.807) is 12.2 Å². The Labute approximate surface area is 295 Å². The van der Waals surface area contributed by atoms with Gasteiger partial charge in [-0.3, -0.25) is 0 Å². The van der Waals surface area contributed by atoms with E-state index in [9.17, 15) is 0 Å². The molecule has 7 aromatic rings. The van der Waals surface area contributed by atoms with Gasteiger partial charge in [0.2, 0.25) is 0 Å². The van der Waals surface area contributed by atoms with E-state index < -0.39 is 0 Å². The highest BCUT2D eigenvalue weighted by Gasteiger charge is 2.07. The smallest absolute Gasteiger partial charge is 0.136 e. The maximum Gasteiger partial charge on any atom is 0.136 e. The monoisotopic (exact) mass is 644 g/mol. The number of unbranched alkanes of at least 4 members (excludes halogenated alkanes) is 1. The van der Waals surface area contributed by atoms with Crippen LogP contribution in [0.25, 0.3) is 56.0 Å². The number of hydrogen-bond donors (Lipinski definition) is 0. The molecule has 0 N–H and O–H groups in total. The number of aryl methyl sites for hydroxylation is 1. The second kappa shape index (κ2) is 21.5.